The molecule has 0 amide bonds. The molecule has 0 saturated heterocycles. The number of hydrogen-bond donors (Lipinski definition) is 2. The van der Waals surface area contributed by atoms with Crippen molar-refractivity contribution in [3.63, 3.8) is 0 Å². The van der Waals surface area contributed by atoms with E-state index in [0.717, 1.165) is 11.1 Å². The van der Waals surface area contributed by atoms with E-state index in [1.54, 1.807) is 18.2 Å². The summed E-state index contributed by atoms with van der Waals surface area (Å²) in [5.41, 5.74) is 9.35. The van der Waals surface area contributed by atoms with E-state index < -0.39 is 5.97 Å². The van der Waals surface area contributed by atoms with Crippen LogP contribution in [0.5, 0.6) is 0 Å². The van der Waals surface area contributed by atoms with Crippen LogP contribution in [-0.2, 0) is 0 Å². The third-order valence-corrected chi connectivity index (χ3v) is 2.93. The zero-order valence-electron chi connectivity index (χ0n) is 10.1. The van der Waals surface area contributed by atoms with Gasteiger partial charge in [0.2, 0.25) is 0 Å². The third-order valence-electron chi connectivity index (χ3n) is 2.93. The average Bonchev–Trinajstić information content (AvgIpc) is 2.39. The molecule has 1 atom stereocenters. The molecule has 2 rings (SSSR count). The second-order valence-electron chi connectivity index (χ2n) is 4.32. The molecule has 0 spiro atoms. The fourth-order valence-corrected chi connectivity index (χ4v) is 1.83. The Morgan fingerprint density at radius 2 is 1.78 bits per heavy atom. The molecule has 0 aliphatic carbocycles. The minimum atomic E-state index is -0.937. The third kappa shape index (κ3) is 2.57. The molecular weight excluding hydrogens is 226 g/mol. The highest BCUT2D eigenvalue weighted by Crippen LogP contribution is 2.20. The van der Waals surface area contributed by atoms with Gasteiger partial charge < -0.3 is 10.8 Å². The minimum Gasteiger partial charge on any atom is -0.478 e. The van der Waals surface area contributed by atoms with Crippen LogP contribution in [0.2, 0.25) is 0 Å². The zero-order valence-corrected chi connectivity index (χ0v) is 10.1. The lowest BCUT2D eigenvalue weighted by Crippen LogP contribution is -2.12. The second kappa shape index (κ2) is 5.02. The number of nitrogens with two attached hydrogens (primary N) is 1. The first-order chi connectivity index (χ1) is 8.58. The molecule has 0 fully saturated rings. The zero-order chi connectivity index (χ0) is 13.1. The quantitative estimate of drug-likeness (QED) is 0.868. The van der Waals surface area contributed by atoms with Gasteiger partial charge in [-0.25, -0.2) is 4.79 Å². The molecule has 0 aliphatic heterocycles. The van der Waals surface area contributed by atoms with Crippen molar-refractivity contribution < 1.29 is 9.90 Å². The Balaban J connectivity index is 2.33. The van der Waals surface area contributed by atoms with E-state index in [4.69, 9.17) is 10.8 Å². The Hall–Kier alpha value is -2.13. The van der Waals surface area contributed by atoms with E-state index in [9.17, 15) is 4.79 Å². The molecule has 0 aliphatic rings. The van der Waals surface area contributed by atoms with Crippen molar-refractivity contribution in [2.24, 2.45) is 5.73 Å². The Bertz CT molecular complexity index is 561. The van der Waals surface area contributed by atoms with Crippen molar-refractivity contribution in [3.8, 4) is 0 Å². The van der Waals surface area contributed by atoms with Gasteiger partial charge in [-0.2, -0.15) is 0 Å². The number of aryl methyl sites for hydroxylation is 1. The molecule has 2 aromatic carbocycles. The lowest BCUT2D eigenvalue weighted by atomic mass is 9.97. The van der Waals surface area contributed by atoms with Gasteiger partial charge in [-0.1, -0.05) is 42.0 Å². The number of hydrogen-bond acceptors (Lipinski definition) is 2. The number of carboxylic acids is 1. The van der Waals surface area contributed by atoms with Crippen LogP contribution in [0, 0.1) is 6.92 Å². The van der Waals surface area contributed by atoms with Crippen molar-refractivity contribution >= 4 is 5.97 Å². The van der Waals surface area contributed by atoms with E-state index in [0.29, 0.717) is 0 Å². The molecule has 0 saturated carbocycles. The van der Waals surface area contributed by atoms with E-state index in [1.165, 1.54) is 5.56 Å². The van der Waals surface area contributed by atoms with Crippen LogP contribution in [0.4, 0.5) is 0 Å². The summed E-state index contributed by atoms with van der Waals surface area (Å²) < 4.78 is 0. The summed E-state index contributed by atoms with van der Waals surface area (Å²) in [4.78, 5) is 10.9. The van der Waals surface area contributed by atoms with Crippen LogP contribution >= 0.6 is 0 Å². The van der Waals surface area contributed by atoms with E-state index in [2.05, 4.69) is 0 Å². The Labute approximate surface area is 106 Å². The first kappa shape index (κ1) is 12.3. The molecule has 92 valence electrons. The topological polar surface area (TPSA) is 63.3 Å². The van der Waals surface area contributed by atoms with Crippen LogP contribution in [0.1, 0.15) is 33.1 Å². The normalized spacial score (nSPS) is 12.1. The lowest BCUT2D eigenvalue weighted by molar-refractivity contribution is 0.0697. The predicted molar refractivity (Wildman–Crippen MR) is 70.6 cm³/mol. The SMILES string of the molecule is Cc1ccc(C(N)c2cccc(C(=O)O)c2)cc1. The first-order valence-corrected chi connectivity index (χ1v) is 5.73. The molecule has 1 unspecified atom stereocenters. The van der Waals surface area contributed by atoms with Gasteiger partial charge >= 0.3 is 5.97 Å². The van der Waals surface area contributed by atoms with Crippen LogP contribution in [-0.4, -0.2) is 11.1 Å². The van der Waals surface area contributed by atoms with Crippen molar-refractivity contribution in [2.75, 3.05) is 0 Å². The second-order valence-corrected chi connectivity index (χ2v) is 4.32. The highest BCUT2D eigenvalue weighted by atomic mass is 16.4. The van der Waals surface area contributed by atoms with Crippen LogP contribution < -0.4 is 5.73 Å². The monoisotopic (exact) mass is 241 g/mol. The van der Waals surface area contributed by atoms with Gasteiger partial charge in [0, 0.05) is 0 Å². The summed E-state index contributed by atoms with van der Waals surface area (Å²) in [6, 6.07) is 14.4. The van der Waals surface area contributed by atoms with Gasteiger partial charge in [0.1, 0.15) is 0 Å². The maximum absolute atomic E-state index is 10.9. The predicted octanol–water partition coefficient (Wildman–Crippen LogP) is 2.74. The lowest BCUT2D eigenvalue weighted by Gasteiger charge is -2.13. The molecule has 0 bridgehead atoms. The van der Waals surface area contributed by atoms with Crippen molar-refractivity contribution in [1.82, 2.24) is 0 Å². The Kier molecular flexibility index (Phi) is 3.44. The van der Waals surface area contributed by atoms with E-state index in [-0.39, 0.29) is 11.6 Å². The molecule has 3 nitrogen and oxygen atoms in total. The largest absolute Gasteiger partial charge is 0.478 e. The van der Waals surface area contributed by atoms with Crippen molar-refractivity contribution in [1.29, 1.82) is 0 Å². The van der Waals surface area contributed by atoms with Gasteiger partial charge in [0.25, 0.3) is 0 Å². The molecule has 3 heteroatoms. The van der Waals surface area contributed by atoms with Crippen LogP contribution in [0.3, 0.4) is 0 Å². The maximum atomic E-state index is 10.9. The highest BCUT2D eigenvalue weighted by molar-refractivity contribution is 5.87. The minimum absolute atomic E-state index is 0.259. The Morgan fingerprint density at radius 3 is 2.39 bits per heavy atom. The molecular formula is C15H15NO2. The number of carbonyl (C=O) groups is 1. The van der Waals surface area contributed by atoms with Crippen molar-refractivity contribution in [2.45, 2.75) is 13.0 Å². The number of benzene rings is 2. The van der Waals surface area contributed by atoms with E-state index in [1.807, 2.05) is 37.3 Å². The standard InChI is InChI=1S/C15H15NO2/c1-10-5-7-11(8-6-10)14(16)12-3-2-4-13(9-12)15(17)18/h2-9,14H,16H2,1H3,(H,17,18). The molecule has 0 radical (unpaired) electrons. The van der Waals surface area contributed by atoms with Crippen LogP contribution in [0.25, 0.3) is 0 Å². The van der Waals surface area contributed by atoms with Gasteiger partial charge in [-0.3, -0.25) is 0 Å². The summed E-state index contributed by atoms with van der Waals surface area (Å²) >= 11 is 0. The summed E-state index contributed by atoms with van der Waals surface area (Å²) in [5, 5.41) is 8.96. The molecule has 2 aromatic rings. The summed E-state index contributed by atoms with van der Waals surface area (Å²) in [6.45, 7) is 2.01. The van der Waals surface area contributed by atoms with Gasteiger partial charge in [-0.05, 0) is 30.2 Å². The summed E-state index contributed by atoms with van der Waals surface area (Å²) in [7, 11) is 0. The van der Waals surface area contributed by atoms with Gasteiger partial charge in [0.15, 0.2) is 0 Å². The van der Waals surface area contributed by atoms with Crippen LogP contribution in [0.15, 0.2) is 48.5 Å². The first-order valence-electron chi connectivity index (χ1n) is 5.73. The van der Waals surface area contributed by atoms with Gasteiger partial charge in [0.05, 0.1) is 11.6 Å². The highest BCUT2D eigenvalue weighted by Gasteiger charge is 2.11. The smallest absolute Gasteiger partial charge is 0.335 e. The maximum Gasteiger partial charge on any atom is 0.335 e. The number of aromatic carboxylic acids is 1. The average molecular weight is 241 g/mol. The molecule has 0 aromatic heterocycles. The molecule has 18 heavy (non-hydrogen) atoms. The van der Waals surface area contributed by atoms with Crippen molar-refractivity contribution in [3.05, 3.63) is 70.8 Å². The summed E-state index contributed by atoms with van der Waals surface area (Å²) in [5.74, 6) is -0.937. The van der Waals surface area contributed by atoms with E-state index >= 15 is 0 Å². The summed E-state index contributed by atoms with van der Waals surface area (Å²) in [6.07, 6.45) is 0. The fourth-order valence-electron chi connectivity index (χ4n) is 1.83. The number of rotatable bonds is 3. The molecule has 3 N–H and O–H groups in total. The Morgan fingerprint density at radius 1 is 1.11 bits per heavy atom. The fraction of sp³-hybridized carbons (Fsp3) is 0.133. The molecule has 0 heterocycles. The van der Waals surface area contributed by atoms with Gasteiger partial charge in [-0.15, -0.1) is 0 Å². The number of carboxylic acid groups (broad SMARTS) is 1.